The second-order valence-corrected chi connectivity index (χ2v) is 8.30. The predicted octanol–water partition coefficient (Wildman–Crippen LogP) is 0.743. The number of carbonyl (C=O) groups excluding carboxylic acids is 1. The van der Waals surface area contributed by atoms with Gasteiger partial charge in [-0.2, -0.15) is 9.78 Å². The van der Waals surface area contributed by atoms with Crippen LogP contribution in [0.5, 0.6) is 5.75 Å². The van der Waals surface area contributed by atoms with Gasteiger partial charge in [0, 0.05) is 5.56 Å². The van der Waals surface area contributed by atoms with Gasteiger partial charge in [-0.15, -0.1) is 5.10 Å². The smallest absolute Gasteiger partial charge is 0.294 e. The van der Waals surface area contributed by atoms with E-state index in [0.29, 0.717) is 30.6 Å². The lowest BCUT2D eigenvalue weighted by molar-refractivity contribution is -0.921. The standard InChI is InChI=1S/C22H29N9O3/c1-3-33-18-12-8-7-9-15(18)13-24-26-22(32)19-17(14-30(2)16-10-5-4-6-11-16)31(29-25-19)21-20(23)27-34-28-21/h7-9,12-13,16H,3-6,10-11,14H2,1-2H3,(H2,23,27)(H,26,32)/p+1/b24-13-. The number of nitrogens with two attached hydrogens (primary N) is 1. The topological polar surface area (TPSA) is 151 Å². The number of amides is 1. The molecule has 0 radical (unpaired) electrons. The summed E-state index contributed by atoms with van der Waals surface area (Å²) >= 11 is 0. The monoisotopic (exact) mass is 468 g/mol. The summed E-state index contributed by atoms with van der Waals surface area (Å²) in [5.74, 6) is 0.463. The maximum absolute atomic E-state index is 13.0. The lowest BCUT2D eigenvalue weighted by atomic mass is 9.94. The largest absolute Gasteiger partial charge is 0.493 e. The molecule has 4 N–H and O–H groups in total. The first-order valence-electron chi connectivity index (χ1n) is 11.5. The van der Waals surface area contributed by atoms with E-state index in [1.165, 1.54) is 35.1 Å². The van der Waals surface area contributed by atoms with Gasteiger partial charge in [0.25, 0.3) is 5.91 Å². The number of nitrogens with zero attached hydrogens (tertiary/aromatic N) is 6. The first kappa shape index (κ1) is 23.4. The van der Waals surface area contributed by atoms with Crippen molar-refractivity contribution >= 4 is 17.9 Å². The molecular weight excluding hydrogens is 438 g/mol. The minimum atomic E-state index is -0.488. The molecule has 2 heterocycles. The molecule has 1 fully saturated rings. The Bertz CT molecular complexity index is 1130. The summed E-state index contributed by atoms with van der Waals surface area (Å²) in [6.45, 7) is 2.94. The minimum absolute atomic E-state index is 0.0685. The zero-order valence-corrected chi connectivity index (χ0v) is 19.4. The number of quaternary nitrogens is 1. The Labute approximate surface area is 197 Å². The van der Waals surface area contributed by atoms with Crippen LogP contribution in [0.15, 0.2) is 34.0 Å². The number of anilines is 1. The Kier molecular flexibility index (Phi) is 7.48. The number of hydrogen-bond donors (Lipinski definition) is 3. The molecule has 2 aromatic heterocycles. The SMILES string of the molecule is CCOc1ccccc1/C=N\NC(=O)c1nnn(-c2nonc2N)c1C[NH+](C)C1CCCCC1. The number of para-hydroxylation sites is 1. The molecule has 1 atom stereocenters. The Morgan fingerprint density at radius 1 is 1.32 bits per heavy atom. The van der Waals surface area contributed by atoms with Crippen LogP contribution >= 0.6 is 0 Å². The van der Waals surface area contributed by atoms with Crippen molar-refractivity contribution < 1.29 is 19.1 Å². The average molecular weight is 469 g/mol. The molecule has 0 bridgehead atoms. The Morgan fingerprint density at radius 2 is 2.12 bits per heavy atom. The Balaban J connectivity index is 1.56. The maximum Gasteiger partial charge on any atom is 0.294 e. The molecule has 1 aliphatic carbocycles. The van der Waals surface area contributed by atoms with Crippen molar-refractivity contribution in [3.05, 3.63) is 41.2 Å². The van der Waals surface area contributed by atoms with E-state index in [4.69, 9.17) is 15.1 Å². The highest BCUT2D eigenvalue weighted by Crippen LogP contribution is 2.18. The molecule has 3 aromatic rings. The van der Waals surface area contributed by atoms with E-state index < -0.39 is 5.91 Å². The van der Waals surface area contributed by atoms with Gasteiger partial charge in [-0.1, -0.05) is 23.8 Å². The highest BCUT2D eigenvalue weighted by Gasteiger charge is 2.29. The van der Waals surface area contributed by atoms with Gasteiger partial charge in [0.05, 0.1) is 25.9 Å². The van der Waals surface area contributed by atoms with Gasteiger partial charge in [0.15, 0.2) is 5.69 Å². The van der Waals surface area contributed by atoms with Gasteiger partial charge in [-0.05, 0) is 55.1 Å². The van der Waals surface area contributed by atoms with Gasteiger partial charge in [-0.3, -0.25) is 4.79 Å². The minimum Gasteiger partial charge on any atom is -0.493 e. The van der Waals surface area contributed by atoms with E-state index in [2.05, 4.69) is 38.2 Å². The van der Waals surface area contributed by atoms with Crippen molar-refractivity contribution in [3.8, 4) is 11.6 Å². The van der Waals surface area contributed by atoms with E-state index in [0.717, 1.165) is 18.4 Å². The molecular formula is C22H30N9O3+. The summed E-state index contributed by atoms with van der Waals surface area (Å²) in [6, 6.07) is 7.94. The number of ether oxygens (including phenoxy) is 1. The molecule has 1 amide bonds. The van der Waals surface area contributed by atoms with E-state index in [1.807, 2.05) is 31.2 Å². The van der Waals surface area contributed by atoms with E-state index >= 15 is 0 Å². The number of nitrogens with one attached hydrogen (secondary N) is 2. The molecule has 1 unspecified atom stereocenters. The van der Waals surface area contributed by atoms with Crippen molar-refractivity contribution in [3.63, 3.8) is 0 Å². The first-order chi connectivity index (χ1) is 16.6. The molecule has 4 rings (SSSR count). The highest BCUT2D eigenvalue weighted by atomic mass is 16.6. The average Bonchev–Trinajstić information content (AvgIpc) is 3.46. The van der Waals surface area contributed by atoms with Crippen molar-refractivity contribution in [2.24, 2.45) is 5.10 Å². The summed E-state index contributed by atoms with van der Waals surface area (Å²) in [5, 5.41) is 19.8. The third kappa shape index (κ3) is 5.22. The van der Waals surface area contributed by atoms with Crippen LogP contribution in [0.1, 0.15) is 60.8 Å². The molecule has 1 aromatic carbocycles. The van der Waals surface area contributed by atoms with Crippen molar-refractivity contribution in [1.82, 2.24) is 30.7 Å². The highest BCUT2D eigenvalue weighted by molar-refractivity contribution is 5.94. The molecule has 1 saturated carbocycles. The molecule has 34 heavy (non-hydrogen) atoms. The van der Waals surface area contributed by atoms with Crippen LogP contribution in [-0.2, 0) is 6.54 Å². The van der Waals surface area contributed by atoms with Crippen molar-refractivity contribution in [1.29, 1.82) is 0 Å². The molecule has 0 spiro atoms. The Morgan fingerprint density at radius 3 is 2.85 bits per heavy atom. The van der Waals surface area contributed by atoms with Crippen molar-refractivity contribution in [2.75, 3.05) is 19.4 Å². The lowest BCUT2D eigenvalue weighted by Crippen LogP contribution is -3.11. The quantitative estimate of drug-likeness (QED) is 0.307. The summed E-state index contributed by atoms with van der Waals surface area (Å²) in [5.41, 5.74) is 9.88. The van der Waals surface area contributed by atoms with Crippen molar-refractivity contribution in [2.45, 2.75) is 51.6 Å². The molecule has 12 heteroatoms. The number of carbonyl (C=O) groups is 1. The van der Waals surface area contributed by atoms with Gasteiger partial charge in [-0.25, -0.2) is 10.1 Å². The first-order valence-corrected chi connectivity index (χ1v) is 11.5. The molecule has 12 nitrogen and oxygen atoms in total. The van der Waals surface area contributed by atoms with Crippen LogP contribution < -0.4 is 20.8 Å². The van der Waals surface area contributed by atoms with E-state index in [-0.39, 0.29) is 17.3 Å². The fourth-order valence-electron chi connectivity index (χ4n) is 4.24. The normalized spacial score (nSPS) is 15.5. The number of aromatic nitrogens is 5. The summed E-state index contributed by atoms with van der Waals surface area (Å²) in [6.07, 6.45) is 7.52. The van der Waals surface area contributed by atoms with Crippen LogP contribution in [0, 0.1) is 0 Å². The number of benzene rings is 1. The van der Waals surface area contributed by atoms with Gasteiger partial charge in [0.2, 0.25) is 11.6 Å². The fourth-order valence-corrected chi connectivity index (χ4v) is 4.24. The van der Waals surface area contributed by atoms with Crippen LogP contribution in [0.25, 0.3) is 5.82 Å². The third-order valence-corrected chi connectivity index (χ3v) is 6.01. The lowest BCUT2D eigenvalue weighted by Gasteiger charge is -2.28. The third-order valence-electron chi connectivity index (χ3n) is 6.01. The van der Waals surface area contributed by atoms with Gasteiger partial charge >= 0.3 is 0 Å². The zero-order chi connectivity index (χ0) is 23.9. The number of nitrogen functional groups attached to an aromatic ring is 1. The zero-order valence-electron chi connectivity index (χ0n) is 19.4. The van der Waals surface area contributed by atoms with Crippen LogP contribution in [0.3, 0.4) is 0 Å². The molecule has 180 valence electrons. The van der Waals surface area contributed by atoms with Crippen LogP contribution in [0.4, 0.5) is 5.82 Å². The number of rotatable bonds is 9. The summed E-state index contributed by atoms with van der Waals surface area (Å²) in [4.78, 5) is 14.3. The summed E-state index contributed by atoms with van der Waals surface area (Å²) < 4.78 is 11.7. The number of hydrazone groups is 1. The predicted molar refractivity (Wildman–Crippen MR) is 124 cm³/mol. The Hall–Kier alpha value is -3.80. The van der Waals surface area contributed by atoms with E-state index in [1.54, 1.807) is 0 Å². The number of hydrogen-bond acceptors (Lipinski definition) is 9. The molecule has 1 aliphatic rings. The van der Waals surface area contributed by atoms with Crippen LogP contribution in [0.2, 0.25) is 0 Å². The van der Waals surface area contributed by atoms with E-state index in [9.17, 15) is 4.79 Å². The summed E-state index contributed by atoms with van der Waals surface area (Å²) in [7, 11) is 2.11. The van der Waals surface area contributed by atoms with Gasteiger partial charge in [0.1, 0.15) is 18.0 Å². The fraction of sp³-hybridized carbons (Fsp3) is 0.455. The second kappa shape index (κ2) is 10.9. The van der Waals surface area contributed by atoms with Crippen LogP contribution in [-0.4, -0.2) is 57.1 Å². The van der Waals surface area contributed by atoms with Gasteiger partial charge < -0.3 is 15.4 Å². The maximum atomic E-state index is 13.0. The molecule has 0 saturated heterocycles. The second-order valence-electron chi connectivity index (χ2n) is 8.30. The molecule has 0 aliphatic heterocycles.